The number of carbonyl (C=O) groups is 1. The maximum atomic E-state index is 13.2. The van der Waals surface area contributed by atoms with Gasteiger partial charge in [-0.25, -0.2) is 0 Å². The van der Waals surface area contributed by atoms with Crippen molar-refractivity contribution >= 4 is 5.91 Å². The summed E-state index contributed by atoms with van der Waals surface area (Å²) in [5, 5.41) is 0. The van der Waals surface area contributed by atoms with Gasteiger partial charge in [-0.05, 0) is 69.5 Å². The van der Waals surface area contributed by atoms with Crippen LogP contribution in [-0.2, 0) is 4.79 Å². The van der Waals surface area contributed by atoms with Crippen molar-refractivity contribution < 1.29 is 4.79 Å². The number of allylic oxidation sites excluding steroid dienone is 5. The zero-order chi connectivity index (χ0) is 19.7. The van der Waals surface area contributed by atoms with Crippen molar-refractivity contribution in [2.24, 2.45) is 22.7 Å². The SMILES string of the molecule is CCN(CC)C(=O)C1=CC2(CCN(CCC(C)(C)C)CC2)C2C=CC=CC12. The standard InChI is InChI=1S/C24H38N2O/c1-6-26(7-2)22(27)20-18-24(21-11-9-8-10-19(20)21)13-16-25(17-14-24)15-12-23(3,4)5/h8-11,18-19,21H,6-7,12-17H2,1-5H3. The molecule has 3 heteroatoms. The molecule has 1 saturated heterocycles. The van der Waals surface area contributed by atoms with Gasteiger partial charge in [0, 0.05) is 24.6 Å². The molecule has 1 spiro atoms. The molecule has 1 fully saturated rings. The molecular weight excluding hydrogens is 332 g/mol. The van der Waals surface area contributed by atoms with Crippen molar-refractivity contribution in [3.05, 3.63) is 36.0 Å². The van der Waals surface area contributed by atoms with Crippen LogP contribution in [0.4, 0.5) is 0 Å². The molecule has 0 radical (unpaired) electrons. The highest BCUT2D eigenvalue weighted by atomic mass is 16.2. The molecule has 1 heterocycles. The molecule has 3 aliphatic rings. The molecule has 0 bridgehead atoms. The smallest absolute Gasteiger partial charge is 0.250 e. The molecule has 3 rings (SSSR count). The van der Waals surface area contributed by atoms with Crippen LogP contribution in [-0.4, -0.2) is 48.4 Å². The van der Waals surface area contributed by atoms with Gasteiger partial charge in [-0.3, -0.25) is 4.79 Å². The van der Waals surface area contributed by atoms with Crippen LogP contribution < -0.4 is 0 Å². The molecule has 0 aromatic heterocycles. The molecule has 0 aromatic carbocycles. The summed E-state index contributed by atoms with van der Waals surface area (Å²) in [6.45, 7) is 16.2. The second kappa shape index (κ2) is 7.95. The molecule has 27 heavy (non-hydrogen) atoms. The van der Waals surface area contributed by atoms with E-state index in [4.69, 9.17) is 0 Å². The first-order chi connectivity index (χ1) is 12.8. The Morgan fingerprint density at radius 3 is 2.37 bits per heavy atom. The van der Waals surface area contributed by atoms with E-state index in [-0.39, 0.29) is 17.2 Å². The molecule has 0 aromatic rings. The first kappa shape index (κ1) is 20.4. The fourth-order valence-electron chi connectivity index (χ4n) is 5.02. The van der Waals surface area contributed by atoms with Crippen LogP contribution in [0.15, 0.2) is 36.0 Å². The van der Waals surface area contributed by atoms with Gasteiger partial charge < -0.3 is 9.80 Å². The number of rotatable bonds is 5. The van der Waals surface area contributed by atoms with E-state index in [1.54, 1.807) is 0 Å². The first-order valence-electron chi connectivity index (χ1n) is 10.9. The van der Waals surface area contributed by atoms with Crippen molar-refractivity contribution in [1.82, 2.24) is 9.80 Å². The average molecular weight is 371 g/mol. The molecule has 2 atom stereocenters. The maximum Gasteiger partial charge on any atom is 0.250 e. The number of likely N-dealkylation sites (N-methyl/N-ethyl adjacent to an activating group) is 1. The Morgan fingerprint density at radius 2 is 1.78 bits per heavy atom. The van der Waals surface area contributed by atoms with Crippen molar-refractivity contribution in [3.63, 3.8) is 0 Å². The predicted octanol–water partition coefficient (Wildman–Crippen LogP) is 4.67. The van der Waals surface area contributed by atoms with Gasteiger partial charge >= 0.3 is 0 Å². The van der Waals surface area contributed by atoms with E-state index in [1.807, 2.05) is 4.90 Å². The number of piperidine rings is 1. The topological polar surface area (TPSA) is 23.6 Å². The van der Waals surface area contributed by atoms with Gasteiger partial charge in [0.15, 0.2) is 0 Å². The van der Waals surface area contributed by atoms with Crippen LogP contribution >= 0.6 is 0 Å². The van der Waals surface area contributed by atoms with Crippen LogP contribution in [0.3, 0.4) is 0 Å². The summed E-state index contributed by atoms with van der Waals surface area (Å²) in [6, 6.07) is 0. The van der Waals surface area contributed by atoms with Crippen LogP contribution in [0.25, 0.3) is 0 Å². The number of fused-ring (bicyclic) bond motifs is 2. The summed E-state index contributed by atoms with van der Waals surface area (Å²) in [7, 11) is 0. The highest BCUT2D eigenvalue weighted by molar-refractivity contribution is 5.95. The molecule has 3 nitrogen and oxygen atoms in total. The maximum absolute atomic E-state index is 13.2. The average Bonchev–Trinajstić information content (AvgIpc) is 2.96. The Labute approximate surface area is 166 Å². The predicted molar refractivity (Wildman–Crippen MR) is 113 cm³/mol. The molecule has 0 N–H and O–H groups in total. The van der Waals surface area contributed by atoms with Gasteiger partial charge in [0.25, 0.3) is 0 Å². The Morgan fingerprint density at radius 1 is 1.15 bits per heavy atom. The number of amides is 1. The zero-order valence-corrected chi connectivity index (χ0v) is 18.0. The van der Waals surface area contributed by atoms with Crippen molar-refractivity contribution in [1.29, 1.82) is 0 Å². The Hall–Kier alpha value is -1.35. The highest BCUT2D eigenvalue weighted by Gasteiger charge is 2.49. The first-order valence-corrected chi connectivity index (χ1v) is 10.9. The van der Waals surface area contributed by atoms with Gasteiger partial charge in [-0.1, -0.05) is 51.2 Å². The molecule has 1 aliphatic heterocycles. The Balaban J connectivity index is 1.76. The van der Waals surface area contributed by atoms with Crippen LogP contribution in [0.2, 0.25) is 0 Å². The van der Waals surface area contributed by atoms with Gasteiger partial charge in [0.1, 0.15) is 0 Å². The van der Waals surface area contributed by atoms with Crippen LogP contribution in [0.5, 0.6) is 0 Å². The van der Waals surface area contributed by atoms with Crippen molar-refractivity contribution in [2.45, 2.75) is 53.9 Å². The minimum Gasteiger partial charge on any atom is -0.339 e. The number of carbonyl (C=O) groups excluding carboxylic acids is 1. The van der Waals surface area contributed by atoms with Crippen molar-refractivity contribution in [2.75, 3.05) is 32.7 Å². The second-order valence-electron chi connectivity index (χ2n) is 9.78. The van der Waals surface area contributed by atoms with E-state index in [0.29, 0.717) is 11.3 Å². The summed E-state index contributed by atoms with van der Waals surface area (Å²) in [5.74, 6) is 0.980. The number of hydrogen-bond acceptors (Lipinski definition) is 2. The minimum absolute atomic E-state index is 0.169. The largest absolute Gasteiger partial charge is 0.339 e. The van der Waals surface area contributed by atoms with E-state index in [9.17, 15) is 4.79 Å². The summed E-state index contributed by atoms with van der Waals surface area (Å²) in [6.07, 6.45) is 14.9. The Kier molecular flexibility index (Phi) is 6.00. The number of likely N-dealkylation sites (tertiary alicyclic amines) is 1. The van der Waals surface area contributed by atoms with E-state index in [1.165, 1.54) is 25.8 Å². The molecule has 150 valence electrons. The van der Waals surface area contributed by atoms with Gasteiger partial charge in [-0.15, -0.1) is 0 Å². The molecule has 1 amide bonds. The van der Waals surface area contributed by atoms with E-state index in [2.05, 4.69) is 69.9 Å². The van der Waals surface area contributed by atoms with Crippen LogP contribution in [0.1, 0.15) is 53.9 Å². The lowest BCUT2D eigenvalue weighted by molar-refractivity contribution is -0.127. The second-order valence-corrected chi connectivity index (χ2v) is 9.78. The zero-order valence-electron chi connectivity index (χ0n) is 18.0. The summed E-state index contributed by atoms with van der Waals surface area (Å²) in [4.78, 5) is 17.8. The molecule has 2 unspecified atom stereocenters. The lowest BCUT2D eigenvalue weighted by atomic mass is 9.67. The van der Waals surface area contributed by atoms with Crippen LogP contribution in [0, 0.1) is 22.7 Å². The van der Waals surface area contributed by atoms with E-state index in [0.717, 1.165) is 31.8 Å². The normalized spacial score (nSPS) is 26.9. The minimum atomic E-state index is 0.169. The number of nitrogens with zero attached hydrogens (tertiary/aromatic N) is 2. The number of hydrogen-bond donors (Lipinski definition) is 0. The third kappa shape index (κ3) is 4.23. The molecular formula is C24H38N2O. The fraction of sp³-hybridized carbons (Fsp3) is 0.708. The summed E-state index contributed by atoms with van der Waals surface area (Å²) < 4.78 is 0. The third-order valence-corrected chi connectivity index (χ3v) is 6.86. The summed E-state index contributed by atoms with van der Waals surface area (Å²) in [5.41, 5.74) is 1.61. The fourth-order valence-corrected chi connectivity index (χ4v) is 5.02. The van der Waals surface area contributed by atoms with Crippen molar-refractivity contribution in [3.8, 4) is 0 Å². The molecule has 2 aliphatic carbocycles. The Bertz CT molecular complexity index is 625. The van der Waals surface area contributed by atoms with Gasteiger partial charge in [0.05, 0.1) is 0 Å². The quantitative estimate of drug-likeness (QED) is 0.702. The highest BCUT2D eigenvalue weighted by Crippen LogP contribution is 2.54. The lowest BCUT2D eigenvalue weighted by Gasteiger charge is -2.43. The van der Waals surface area contributed by atoms with Gasteiger partial charge in [-0.2, -0.15) is 0 Å². The third-order valence-electron chi connectivity index (χ3n) is 6.86. The monoisotopic (exact) mass is 370 g/mol. The lowest BCUT2D eigenvalue weighted by Crippen LogP contribution is -2.43. The van der Waals surface area contributed by atoms with E-state index < -0.39 is 0 Å². The van der Waals surface area contributed by atoms with Gasteiger partial charge in [0.2, 0.25) is 5.91 Å². The van der Waals surface area contributed by atoms with E-state index >= 15 is 0 Å². The molecule has 0 saturated carbocycles. The summed E-state index contributed by atoms with van der Waals surface area (Å²) >= 11 is 0.